The number of rotatable bonds is 1. The molecule has 182 valence electrons. The predicted octanol–water partition coefficient (Wildman–Crippen LogP) is 7.71. The number of aryl methyl sites for hydroxylation is 3. The lowest BCUT2D eigenvalue weighted by Gasteiger charge is -2.17. The minimum atomic E-state index is 0. The van der Waals surface area contributed by atoms with Crippen LogP contribution in [0, 0.1) is 6.92 Å². The lowest BCUT2D eigenvalue weighted by atomic mass is 9.95. The van der Waals surface area contributed by atoms with Gasteiger partial charge in [0.05, 0.1) is 6.61 Å². The molecular formula is C31H37N3O. The van der Waals surface area contributed by atoms with Crippen LogP contribution in [0.25, 0.3) is 17.2 Å². The molecule has 3 heterocycles. The van der Waals surface area contributed by atoms with E-state index in [1.807, 2.05) is 0 Å². The van der Waals surface area contributed by atoms with E-state index in [1.54, 1.807) is 6.33 Å². The van der Waals surface area contributed by atoms with Gasteiger partial charge in [-0.1, -0.05) is 30.4 Å². The molecule has 4 heteroatoms. The summed E-state index contributed by atoms with van der Waals surface area (Å²) in [5, 5.41) is 3.49. The van der Waals surface area contributed by atoms with Crippen molar-refractivity contribution in [3.8, 4) is 16.9 Å². The molecule has 0 saturated heterocycles. The van der Waals surface area contributed by atoms with Crippen LogP contribution in [0.5, 0.6) is 5.75 Å². The van der Waals surface area contributed by atoms with E-state index < -0.39 is 0 Å². The summed E-state index contributed by atoms with van der Waals surface area (Å²) < 4.78 is 5.91. The fourth-order valence-corrected chi connectivity index (χ4v) is 5.10. The van der Waals surface area contributed by atoms with Crippen LogP contribution in [-0.4, -0.2) is 16.6 Å². The Labute approximate surface area is 210 Å². The van der Waals surface area contributed by atoms with Crippen LogP contribution in [0.1, 0.15) is 68.5 Å². The first-order chi connectivity index (χ1) is 17.2. The van der Waals surface area contributed by atoms with Gasteiger partial charge in [-0.15, -0.1) is 0 Å². The van der Waals surface area contributed by atoms with E-state index in [1.165, 1.54) is 71.3 Å². The number of benzene rings is 2. The smallest absolute Gasteiger partial charge is 0.122 e. The van der Waals surface area contributed by atoms with Crippen molar-refractivity contribution in [1.82, 2.24) is 9.97 Å². The summed E-state index contributed by atoms with van der Waals surface area (Å²) in [5.74, 6) is 1.06. The Bertz CT molecular complexity index is 1260. The molecule has 4 nitrogen and oxygen atoms in total. The van der Waals surface area contributed by atoms with Crippen molar-refractivity contribution >= 4 is 11.8 Å². The van der Waals surface area contributed by atoms with Crippen LogP contribution in [0.4, 0.5) is 5.69 Å². The van der Waals surface area contributed by atoms with Crippen molar-refractivity contribution in [2.45, 2.75) is 65.2 Å². The van der Waals surface area contributed by atoms with E-state index in [-0.39, 0.29) is 1.43 Å². The first-order valence-corrected chi connectivity index (χ1v) is 13.0. The topological polar surface area (TPSA) is 47.0 Å². The molecule has 0 unspecified atom stereocenters. The van der Waals surface area contributed by atoms with Gasteiger partial charge in [0.2, 0.25) is 0 Å². The number of allylic oxidation sites excluding steroid dienone is 3. The van der Waals surface area contributed by atoms with Gasteiger partial charge in [-0.05, 0) is 117 Å². The zero-order valence-electron chi connectivity index (χ0n) is 20.9. The van der Waals surface area contributed by atoms with Crippen LogP contribution < -0.4 is 10.1 Å². The highest BCUT2D eigenvalue weighted by Gasteiger charge is 2.13. The molecule has 1 N–H and O–H groups in total. The van der Waals surface area contributed by atoms with Gasteiger partial charge in [-0.3, -0.25) is 0 Å². The maximum atomic E-state index is 5.91. The summed E-state index contributed by atoms with van der Waals surface area (Å²) in [7, 11) is 0. The summed E-state index contributed by atoms with van der Waals surface area (Å²) in [5.41, 5.74) is 11.3. The Morgan fingerprint density at radius 1 is 0.857 bits per heavy atom. The van der Waals surface area contributed by atoms with E-state index in [0.717, 1.165) is 43.0 Å². The summed E-state index contributed by atoms with van der Waals surface area (Å²) in [6, 6.07) is 13.3. The van der Waals surface area contributed by atoms with Crippen LogP contribution in [0.2, 0.25) is 0 Å². The van der Waals surface area contributed by atoms with Crippen molar-refractivity contribution < 1.29 is 6.16 Å². The maximum Gasteiger partial charge on any atom is 0.122 e. The van der Waals surface area contributed by atoms with Crippen LogP contribution in [0.3, 0.4) is 0 Å². The molecule has 0 amide bonds. The molecule has 0 saturated carbocycles. The van der Waals surface area contributed by atoms with E-state index in [0.29, 0.717) is 0 Å². The minimum absolute atomic E-state index is 0. The van der Waals surface area contributed by atoms with Crippen molar-refractivity contribution in [2.75, 3.05) is 11.9 Å². The van der Waals surface area contributed by atoms with Gasteiger partial charge in [-0.2, -0.15) is 0 Å². The van der Waals surface area contributed by atoms with Gasteiger partial charge in [0.15, 0.2) is 0 Å². The molecule has 0 atom stereocenters. The Morgan fingerprint density at radius 3 is 2.60 bits per heavy atom. The average Bonchev–Trinajstić information content (AvgIpc) is 3.05. The number of fused-ring (bicyclic) bond motifs is 3. The Hall–Kier alpha value is -3.40. The lowest BCUT2D eigenvalue weighted by Crippen LogP contribution is -2.08. The molecule has 2 aromatic carbocycles. The standard InChI is InChI=1S/C22H23NO.C9H12N2.H2/c1-16-6-5-8-17-9-10-19(15-21(17)23-16)18-11-12-22-20(14-18)7-3-2-4-13-24-22;1-7-8-4-2-3-5-9(8)11-6-10-7;/h5-6,8-12,14-15,23H,2-4,7,13H2,1H3;6H,2-5H2,1H3;1H. The quantitative estimate of drug-likeness (QED) is 0.398. The fraction of sp³-hybridized carbons (Fsp3) is 0.355. The number of hydrogen-bond donors (Lipinski definition) is 1. The second-order valence-electron chi connectivity index (χ2n) is 9.71. The third kappa shape index (κ3) is 5.64. The normalized spacial score (nSPS) is 16.3. The Morgan fingerprint density at radius 2 is 1.69 bits per heavy atom. The summed E-state index contributed by atoms with van der Waals surface area (Å²) in [6.07, 6.45) is 17.7. The monoisotopic (exact) mass is 467 g/mol. The van der Waals surface area contributed by atoms with Gasteiger partial charge in [0, 0.05) is 24.2 Å². The van der Waals surface area contributed by atoms with Crippen LogP contribution >= 0.6 is 0 Å². The molecular weight excluding hydrogens is 430 g/mol. The second kappa shape index (κ2) is 10.9. The summed E-state index contributed by atoms with van der Waals surface area (Å²) in [4.78, 5) is 8.45. The van der Waals surface area contributed by atoms with Gasteiger partial charge < -0.3 is 10.1 Å². The number of anilines is 1. The molecule has 2 aliphatic heterocycles. The minimum Gasteiger partial charge on any atom is -0.493 e. The van der Waals surface area contributed by atoms with E-state index in [9.17, 15) is 0 Å². The largest absolute Gasteiger partial charge is 0.493 e. The zero-order chi connectivity index (χ0) is 24.0. The third-order valence-electron chi connectivity index (χ3n) is 7.09. The van der Waals surface area contributed by atoms with Crippen molar-refractivity contribution in [1.29, 1.82) is 0 Å². The summed E-state index contributed by atoms with van der Waals surface area (Å²) in [6.45, 7) is 5.01. The highest BCUT2D eigenvalue weighted by molar-refractivity contribution is 5.78. The Balaban J connectivity index is 0.000000213. The van der Waals surface area contributed by atoms with Gasteiger partial charge in [-0.25, -0.2) is 9.97 Å². The number of ether oxygens (including phenoxy) is 1. The molecule has 35 heavy (non-hydrogen) atoms. The van der Waals surface area contributed by atoms with Gasteiger partial charge >= 0.3 is 0 Å². The van der Waals surface area contributed by atoms with E-state index >= 15 is 0 Å². The number of aromatic nitrogens is 2. The van der Waals surface area contributed by atoms with Gasteiger partial charge in [0.25, 0.3) is 0 Å². The first kappa shape index (κ1) is 23.3. The Kier molecular flexibility index (Phi) is 7.27. The number of hydrogen-bond acceptors (Lipinski definition) is 4. The van der Waals surface area contributed by atoms with E-state index in [4.69, 9.17) is 4.74 Å². The molecule has 0 bridgehead atoms. The second-order valence-corrected chi connectivity index (χ2v) is 9.71. The highest BCUT2D eigenvalue weighted by Crippen LogP contribution is 2.33. The lowest BCUT2D eigenvalue weighted by molar-refractivity contribution is 0.294. The maximum absolute atomic E-state index is 5.91. The van der Waals surface area contributed by atoms with Crippen LogP contribution in [-0.2, 0) is 19.3 Å². The molecule has 1 aliphatic carbocycles. The third-order valence-corrected chi connectivity index (χ3v) is 7.09. The average molecular weight is 468 g/mol. The molecule has 0 fully saturated rings. The number of nitrogens with one attached hydrogen (secondary N) is 1. The van der Waals surface area contributed by atoms with Gasteiger partial charge in [0.1, 0.15) is 12.1 Å². The van der Waals surface area contributed by atoms with E-state index in [2.05, 4.69) is 83.8 Å². The number of nitrogens with zero attached hydrogens (tertiary/aromatic N) is 2. The highest BCUT2D eigenvalue weighted by atomic mass is 16.5. The predicted molar refractivity (Wildman–Crippen MR) is 147 cm³/mol. The molecule has 6 rings (SSSR count). The molecule has 3 aliphatic rings. The van der Waals surface area contributed by atoms with Crippen molar-refractivity contribution in [2.24, 2.45) is 0 Å². The molecule has 3 aromatic rings. The zero-order valence-corrected chi connectivity index (χ0v) is 20.9. The molecule has 0 radical (unpaired) electrons. The van der Waals surface area contributed by atoms with Crippen LogP contribution in [0.15, 0.2) is 60.6 Å². The van der Waals surface area contributed by atoms with Crippen molar-refractivity contribution in [3.63, 3.8) is 0 Å². The SMILES string of the molecule is CC1=CC=Cc2ccc(-c3ccc4c(c3)CCCCCO4)cc2N1.Cc1ncnc2c1CCCC2.[HH]. The fourth-order valence-electron chi connectivity index (χ4n) is 5.10. The first-order valence-electron chi connectivity index (χ1n) is 13.0. The molecule has 0 spiro atoms. The molecule has 1 aromatic heterocycles. The summed E-state index contributed by atoms with van der Waals surface area (Å²) >= 11 is 0. The van der Waals surface area contributed by atoms with Crippen molar-refractivity contribution in [3.05, 3.63) is 88.7 Å².